The molecule has 3 heterocycles. The van der Waals surface area contributed by atoms with Crippen LogP contribution in [0.5, 0.6) is 5.75 Å². The van der Waals surface area contributed by atoms with Gasteiger partial charge in [0.15, 0.2) is 0 Å². The van der Waals surface area contributed by atoms with E-state index in [2.05, 4.69) is 9.97 Å². The molecule has 0 amide bonds. The van der Waals surface area contributed by atoms with Crippen LogP contribution in [0.2, 0.25) is 5.02 Å². The molecule has 0 unspecified atom stereocenters. The third kappa shape index (κ3) is 5.27. The number of halogens is 4. The van der Waals surface area contributed by atoms with Gasteiger partial charge in [-0.1, -0.05) is 11.6 Å². The second-order valence-corrected chi connectivity index (χ2v) is 10.4. The molecule has 0 aliphatic carbocycles. The molecule has 0 radical (unpaired) electrons. The number of carboxylic acid groups (broad SMARTS) is 1. The number of aryl methyl sites for hydroxylation is 1. The third-order valence-corrected chi connectivity index (χ3v) is 7.71. The zero-order valence-corrected chi connectivity index (χ0v) is 23.1. The number of aromatic carboxylic acids is 1. The van der Waals surface area contributed by atoms with Gasteiger partial charge in [-0.05, 0) is 43.3 Å². The minimum atomic E-state index is -4.72. The number of nitrogens with zero attached hydrogens (tertiary/aromatic N) is 4. The van der Waals surface area contributed by atoms with E-state index < -0.39 is 35.4 Å². The van der Waals surface area contributed by atoms with Crippen molar-refractivity contribution in [2.24, 2.45) is 0 Å². The molecule has 0 fully saturated rings. The first-order chi connectivity index (χ1) is 19.9. The molecule has 214 valence electrons. The number of aromatic nitrogens is 3. The lowest BCUT2D eigenvalue weighted by Crippen LogP contribution is -2.27. The Morgan fingerprint density at radius 2 is 1.95 bits per heavy atom. The van der Waals surface area contributed by atoms with Gasteiger partial charge < -0.3 is 14.9 Å². The van der Waals surface area contributed by atoms with Crippen LogP contribution in [0.15, 0.2) is 46.6 Å². The summed E-state index contributed by atoms with van der Waals surface area (Å²) in [6, 6.07) is 9.40. The molecule has 2 aromatic carbocycles. The lowest BCUT2D eigenvalue weighted by molar-refractivity contribution is -0.137. The molecule has 9 nitrogen and oxygen atoms in total. The molecule has 0 saturated carbocycles. The topological polar surface area (TPSA) is 138 Å². The number of carboxylic acids is 1. The minimum absolute atomic E-state index is 0.0196. The van der Waals surface area contributed by atoms with Gasteiger partial charge in [-0.3, -0.25) is 9.36 Å². The van der Waals surface area contributed by atoms with Crippen LogP contribution in [0.1, 0.15) is 33.0 Å². The number of benzene rings is 2. The molecule has 0 atom stereocenters. The summed E-state index contributed by atoms with van der Waals surface area (Å²) in [5.41, 5.74) is -1.02. The molecule has 0 bridgehead atoms. The van der Waals surface area contributed by atoms with Gasteiger partial charge in [0.05, 0.1) is 56.7 Å². The number of thiophene rings is 1. The fourth-order valence-corrected chi connectivity index (χ4v) is 5.73. The molecule has 0 spiro atoms. The maximum atomic E-state index is 13.3. The van der Waals surface area contributed by atoms with E-state index in [4.69, 9.17) is 16.3 Å². The van der Waals surface area contributed by atoms with Gasteiger partial charge in [0.2, 0.25) is 0 Å². The number of hydrogen-bond donors (Lipinski definition) is 2. The molecule has 0 aliphatic rings. The van der Waals surface area contributed by atoms with Crippen LogP contribution in [0.3, 0.4) is 0 Å². The standard InChI is InChI=1S/C28H18ClF3N4O5S/c1-13-34-21-7-15(28(30,31)32)6-14(10-33)23(21)26(38)36(13)4-5-41-22-3-2-16(29)8-18(22)19-9-17(11-37)35-24-20(27(39)40)12-42-25(19)24/h2-3,6-9,12,37H,4-5,11H2,1H3,(H,39,40). The maximum Gasteiger partial charge on any atom is 0.416 e. The highest BCUT2D eigenvalue weighted by Crippen LogP contribution is 2.40. The number of hydrogen-bond acceptors (Lipinski definition) is 8. The number of ether oxygens (including phenoxy) is 1. The van der Waals surface area contributed by atoms with Gasteiger partial charge in [-0.15, -0.1) is 11.3 Å². The van der Waals surface area contributed by atoms with Crippen LogP contribution in [0.25, 0.3) is 32.2 Å². The molecule has 5 rings (SSSR count). The van der Waals surface area contributed by atoms with Crippen molar-refractivity contribution in [2.75, 3.05) is 6.61 Å². The largest absolute Gasteiger partial charge is 0.491 e. The lowest BCUT2D eigenvalue weighted by atomic mass is 10.0. The Kier molecular flexibility index (Phi) is 7.63. The summed E-state index contributed by atoms with van der Waals surface area (Å²) in [7, 11) is 0. The predicted molar refractivity (Wildman–Crippen MR) is 149 cm³/mol. The van der Waals surface area contributed by atoms with Crippen molar-refractivity contribution >= 4 is 50.0 Å². The Morgan fingerprint density at radius 3 is 2.62 bits per heavy atom. The molecule has 5 aromatic rings. The number of aliphatic hydroxyl groups excluding tert-OH is 1. The lowest BCUT2D eigenvalue weighted by Gasteiger charge is -2.16. The Balaban J connectivity index is 1.52. The van der Waals surface area contributed by atoms with Gasteiger partial charge in [0, 0.05) is 21.5 Å². The Hall–Kier alpha value is -4.51. The summed E-state index contributed by atoms with van der Waals surface area (Å²) < 4.78 is 47.7. The fraction of sp³-hybridized carbons (Fsp3) is 0.179. The number of pyridine rings is 1. The molecular weight excluding hydrogens is 597 g/mol. The van der Waals surface area contributed by atoms with Crippen molar-refractivity contribution in [1.82, 2.24) is 14.5 Å². The Labute approximate surface area is 243 Å². The van der Waals surface area contributed by atoms with Gasteiger partial charge in [-0.25, -0.2) is 14.8 Å². The van der Waals surface area contributed by atoms with Crippen molar-refractivity contribution in [2.45, 2.75) is 26.3 Å². The van der Waals surface area contributed by atoms with Crippen molar-refractivity contribution in [1.29, 1.82) is 5.26 Å². The number of carbonyl (C=O) groups is 1. The van der Waals surface area contributed by atoms with Crippen molar-refractivity contribution in [3.63, 3.8) is 0 Å². The highest BCUT2D eigenvalue weighted by Gasteiger charge is 2.32. The summed E-state index contributed by atoms with van der Waals surface area (Å²) >= 11 is 7.44. The SMILES string of the molecule is Cc1nc2cc(C(F)(F)F)cc(C#N)c2c(=O)n1CCOc1ccc(Cl)cc1-c1cc(CO)nc2c(C(=O)O)csc12. The van der Waals surface area contributed by atoms with E-state index in [0.29, 0.717) is 32.7 Å². The van der Waals surface area contributed by atoms with Crippen molar-refractivity contribution < 1.29 is 32.9 Å². The number of alkyl halides is 3. The zero-order valence-electron chi connectivity index (χ0n) is 21.5. The van der Waals surface area contributed by atoms with Crippen LogP contribution in [-0.2, 0) is 19.3 Å². The number of fused-ring (bicyclic) bond motifs is 2. The summed E-state index contributed by atoms with van der Waals surface area (Å²) in [5, 5.41) is 30.4. The third-order valence-electron chi connectivity index (χ3n) is 6.47. The second-order valence-electron chi connectivity index (χ2n) is 9.08. The summed E-state index contributed by atoms with van der Waals surface area (Å²) in [4.78, 5) is 33.4. The van der Waals surface area contributed by atoms with Gasteiger partial charge >= 0.3 is 12.1 Å². The highest BCUT2D eigenvalue weighted by molar-refractivity contribution is 7.18. The number of rotatable bonds is 7. The fourth-order valence-electron chi connectivity index (χ4n) is 4.55. The summed E-state index contributed by atoms with van der Waals surface area (Å²) in [5.74, 6) is -0.719. The van der Waals surface area contributed by atoms with Crippen LogP contribution < -0.4 is 10.3 Å². The smallest absolute Gasteiger partial charge is 0.416 e. The van der Waals surface area contributed by atoms with E-state index in [0.717, 1.165) is 17.4 Å². The average Bonchev–Trinajstić information content (AvgIpc) is 3.38. The number of nitriles is 1. The first-order valence-corrected chi connectivity index (χ1v) is 13.4. The van der Waals surface area contributed by atoms with Crippen LogP contribution in [0, 0.1) is 18.3 Å². The predicted octanol–water partition coefficient (Wildman–Crippen LogP) is 5.80. The maximum absolute atomic E-state index is 13.3. The quantitative estimate of drug-likeness (QED) is 0.235. The highest BCUT2D eigenvalue weighted by atomic mass is 35.5. The van der Waals surface area contributed by atoms with Crippen LogP contribution >= 0.6 is 22.9 Å². The molecular formula is C28H18ClF3N4O5S. The first-order valence-electron chi connectivity index (χ1n) is 12.1. The molecule has 42 heavy (non-hydrogen) atoms. The Morgan fingerprint density at radius 1 is 1.19 bits per heavy atom. The van der Waals surface area contributed by atoms with Crippen molar-refractivity contribution in [3.05, 3.63) is 85.4 Å². The van der Waals surface area contributed by atoms with Gasteiger partial charge in [0.1, 0.15) is 24.3 Å². The van der Waals surface area contributed by atoms with E-state index in [9.17, 15) is 38.2 Å². The normalized spacial score (nSPS) is 11.6. The zero-order chi connectivity index (χ0) is 30.3. The Bertz CT molecular complexity index is 2000. The van der Waals surface area contributed by atoms with Gasteiger partial charge in [0.25, 0.3) is 5.56 Å². The molecule has 0 saturated heterocycles. The molecule has 14 heteroatoms. The minimum Gasteiger partial charge on any atom is -0.491 e. The van der Waals surface area contributed by atoms with Gasteiger partial charge in [-0.2, -0.15) is 18.4 Å². The second kappa shape index (κ2) is 11.1. The summed E-state index contributed by atoms with van der Waals surface area (Å²) in [6.07, 6.45) is -4.72. The summed E-state index contributed by atoms with van der Waals surface area (Å²) in [6.45, 7) is 0.872. The van der Waals surface area contributed by atoms with Crippen LogP contribution in [0.4, 0.5) is 13.2 Å². The van der Waals surface area contributed by atoms with Crippen LogP contribution in [-0.4, -0.2) is 37.3 Å². The first kappa shape index (κ1) is 29.0. The van der Waals surface area contributed by atoms with E-state index >= 15 is 0 Å². The molecule has 0 aliphatic heterocycles. The molecule has 3 aromatic heterocycles. The van der Waals surface area contributed by atoms with E-state index in [1.807, 2.05) is 0 Å². The van der Waals surface area contributed by atoms with E-state index in [1.54, 1.807) is 30.3 Å². The van der Waals surface area contributed by atoms with Crippen molar-refractivity contribution in [3.8, 4) is 22.9 Å². The average molecular weight is 615 g/mol. The molecule has 2 N–H and O–H groups in total. The monoisotopic (exact) mass is 614 g/mol. The van der Waals surface area contributed by atoms with E-state index in [-0.39, 0.29) is 46.7 Å². The number of aliphatic hydroxyl groups is 1. The van der Waals surface area contributed by atoms with E-state index in [1.165, 1.54) is 16.9 Å².